The van der Waals surface area contributed by atoms with Crippen molar-refractivity contribution in [1.29, 1.82) is 0 Å². The van der Waals surface area contributed by atoms with E-state index >= 15 is 0 Å². The number of hydrogen-bond donors (Lipinski definition) is 2. The molecule has 0 bridgehead atoms. The molecule has 110 valence electrons. The summed E-state index contributed by atoms with van der Waals surface area (Å²) in [6.07, 6.45) is 1.90. The fourth-order valence-electron chi connectivity index (χ4n) is 3.22. The molecule has 1 heterocycles. The summed E-state index contributed by atoms with van der Waals surface area (Å²) in [6.45, 7) is 5.84. The first-order valence-electron chi connectivity index (χ1n) is 7.35. The van der Waals surface area contributed by atoms with Crippen LogP contribution in [0.5, 0.6) is 0 Å². The molecule has 0 aromatic heterocycles. The van der Waals surface area contributed by atoms with E-state index in [1.54, 1.807) is 0 Å². The van der Waals surface area contributed by atoms with E-state index < -0.39 is 0 Å². The van der Waals surface area contributed by atoms with Crippen molar-refractivity contribution in [2.24, 2.45) is 17.4 Å². The summed E-state index contributed by atoms with van der Waals surface area (Å²) in [5.41, 5.74) is 14.2. The van der Waals surface area contributed by atoms with Crippen molar-refractivity contribution in [3.05, 3.63) is 35.4 Å². The molecule has 0 aliphatic carbocycles. The quantitative estimate of drug-likeness (QED) is 0.876. The predicted molar refractivity (Wildman–Crippen MR) is 81.1 cm³/mol. The Morgan fingerprint density at radius 2 is 2.10 bits per heavy atom. The maximum atomic E-state index is 11.5. The fourth-order valence-corrected chi connectivity index (χ4v) is 3.22. The Hall–Kier alpha value is -1.39. The topological polar surface area (TPSA) is 72.3 Å². The first kappa shape index (κ1) is 15.0. The van der Waals surface area contributed by atoms with Crippen LogP contribution in [-0.2, 0) is 4.79 Å². The Kier molecular flexibility index (Phi) is 4.78. The number of rotatable bonds is 4. The third-order valence-corrected chi connectivity index (χ3v) is 4.25. The van der Waals surface area contributed by atoms with Gasteiger partial charge < -0.3 is 11.5 Å². The Bertz CT molecular complexity index is 473. The van der Waals surface area contributed by atoms with Gasteiger partial charge in [0.05, 0.1) is 5.92 Å². The van der Waals surface area contributed by atoms with E-state index in [0.717, 1.165) is 25.9 Å². The molecule has 1 amide bonds. The average molecular weight is 275 g/mol. The minimum absolute atomic E-state index is 0.0164. The second-order valence-corrected chi connectivity index (χ2v) is 5.90. The number of nitrogens with two attached hydrogens (primary N) is 2. The van der Waals surface area contributed by atoms with Crippen molar-refractivity contribution >= 4 is 5.91 Å². The highest BCUT2D eigenvalue weighted by Gasteiger charge is 2.31. The van der Waals surface area contributed by atoms with Crippen molar-refractivity contribution in [3.63, 3.8) is 0 Å². The molecule has 1 aliphatic rings. The van der Waals surface area contributed by atoms with Crippen LogP contribution in [0.25, 0.3) is 0 Å². The summed E-state index contributed by atoms with van der Waals surface area (Å²) in [5.74, 6) is -0.239. The normalized spacial score (nSPS) is 23.2. The van der Waals surface area contributed by atoms with Crippen molar-refractivity contribution in [3.8, 4) is 0 Å². The highest BCUT2D eigenvalue weighted by molar-refractivity contribution is 5.76. The number of primary amides is 1. The minimum Gasteiger partial charge on any atom is -0.369 e. The van der Waals surface area contributed by atoms with Gasteiger partial charge in [-0.05, 0) is 44.4 Å². The molecular formula is C16H25N3O. The molecule has 3 atom stereocenters. The lowest BCUT2D eigenvalue weighted by Gasteiger charge is -2.40. The van der Waals surface area contributed by atoms with Gasteiger partial charge in [-0.2, -0.15) is 0 Å². The number of amides is 1. The number of likely N-dealkylation sites (tertiary alicyclic amines) is 1. The molecule has 4 N–H and O–H groups in total. The second kappa shape index (κ2) is 6.37. The van der Waals surface area contributed by atoms with Crippen LogP contribution in [0.3, 0.4) is 0 Å². The summed E-state index contributed by atoms with van der Waals surface area (Å²) in [5, 5.41) is 0. The van der Waals surface area contributed by atoms with Gasteiger partial charge in [-0.15, -0.1) is 0 Å². The summed E-state index contributed by atoms with van der Waals surface area (Å²) >= 11 is 0. The van der Waals surface area contributed by atoms with E-state index in [1.165, 1.54) is 11.1 Å². The lowest BCUT2D eigenvalue weighted by molar-refractivity contribution is -0.123. The maximum Gasteiger partial charge on any atom is 0.221 e. The van der Waals surface area contributed by atoms with E-state index in [9.17, 15) is 4.79 Å². The first-order chi connectivity index (χ1) is 9.50. The Morgan fingerprint density at radius 1 is 1.40 bits per heavy atom. The van der Waals surface area contributed by atoms with Crippen LogP contribution in [-0.4, -0.2) is 29.9 Å². The molecule has 1 aromatic carbocycles. The SMILES string of the molecule is Cc1ccccc1C(C(C)N)N1CCCC(C(N)=O)C1. The van der Waals surface area contributed by atoms with E-state index in [0.29, 0.717) is 0 Å². The number of carbonyl (C=O) groups is 1. The third kappa shape index (κ3) is 3.19. The Balaban J connectivity index is 2.25. The summed E-state index contributed by atoms with van der Waals surface area (Å²) in [4.78, 5) is 13.8. The molecule has 20 heavy (non-hydrogen) atoms. The second-order valence-electron chi connectivity index (χ2n) is 5.90. The summed E-state index contributed by atoms with van der Waals surface area (Å²) < 4.78 is 0. The fraction of sp³-hybridized carbons (Fsp3) is 0.562. The molecule has 4 heteroatoms. The molecule has 4 nitrogen and oxygen atoms in total. The van der Waals surface area contributed by atoms with Crippen LogP contribution in [0.4, 0.5) is 0 Å². The smallest absolute Gasteiger partial charge is 0.221 e. The van der Waals surface area contributed by atoms with Gasteiger partial charge in [-0.25, -0.2) is 0 Å². The molecule has 1 aromatic rings. The van der Waals surface area contributed by atoms with Gasteiger partial charge >= 0.3 is 0 Å². The highest BCUT2D eigenvalue weighted by Crippen LogP contribution is 2.30. The Morgan fingerprint density at radius 3 is 2.70 bits per heavy atom. The van der Waals surface area contributed by atoms with Crippen LogP contribution in [0, 0.1) is 12.8 Å². The molecule has 3 unspecified atom stereocenters. The number of hydrogen-bond acceptors (Lipinski definition) is 3. The zero-order chi connectivity index (χ0) is 14.7. The van der Waals surface area contributed by atoms with Gasteiger partial charge in [0.15, 0.2) is 0 Å². The van der Waals surface area contributed by atoms with Crippen LogP contribution in [0.1, 0.15) is 36.9 Å². The average Bonchev–Trinajstić information content (AvgIpc) is 2.41. The third-order valence-electron chi connectivity index (χ3n) is 4.25. The molecule has 0 saturated carbocycles. The van der Waals surface area contributed by atoms with Crippen molar-refractivity contribution in [1.82, 2.24) is 4.90 Å². The van der Waals surface area contributed by atoms with Gasteiger partial charge in [0.2, 0.25) is 5.91 Å². The molecule has 0 radical (unpaired) electrons. The standard InChI is InChI=1S/C16H25N3O/c1-11-6-3-4-8-14(11)15(12(2)17)19-9-5-7-13(10-19)16(18)20/h3-4,6,8,12-13,15H,5,7,9-10,17H2,1-2H3,(H2,18,20). The number of carbonyl (C=O) groups excluding carboxylic acids is 1. The zero-order valence-electron chi connectivity index (χ0n) is 12.4. The van der Waals surface area contributed by atoms with Crippen LogP contribution < -0.4 is 11.5 Å². The zero-order valence-corrected chi connectivity index (χ0v) is 12.4. The van der Waals surface area contributed by atoms with Gasteiger partial charge in [0.1, 0.15) is 0 Å². The van der Waals surface area contributed by atoms with E-state index in [-0.39, 0.29) is 23.9 Å². The number of aryl methyl sites for hydroxylation is 1. The van der Waals surface area contributed by atoms with E-state index in [4.69, 9.17) is 11.5 Å². The van der Waals surface area contributed by atoms with E-state index in [1.807, 2.05) is 19.1 Å². The highest BCUT2D eigenvalue weighted by atomic mass is 16.1. The largest absolute Gasteiger partial charge is 0.369 e. The maximum absolute atomic E-state index is 11.5. The molecule has 1 fully saturated rings. The number of piperidine rings is 1. The predicted octanol–water partition coefficient (Wildman–Crippen LogP) is 1.58. The van der Waals surface area contributed by atoms with Crippen molar-refractivity contribution in [2.45, 2.75) is 38.8 Å². The molecule has 1 saturated heterocycles. The summed E-state index contributed by atoms with van der Waals surface area (Å²) in [7, 11) is 0. The van der Waals surface area contributed by atoms with Crippen LogP contribution in [0.15, 0.2) is 24.3 Å². The monoisotopic (exact) mass is 275 g/mol. The minimum atomic E-state index is -0.192. The first-order valence-corrected chi connectivity index (χ1v) is 7.35. The molecule has 2 rings (SSSR count). The van der Waals surface area contributed by atoms with Gasteiger partial charge in [-0.3, -0.25) is 9.69 Å². The number of nitrogens with zero attached hydrogens (tertiary/aromatic N) is 1. The summed E-state index contributed by atoms with van der Waals surface area (Å²) in [6, 6.07) is 8.51. The lowest BCUT2D eigenvalue weighted by atomic mass is 9.90. The van der Waals surface area contributed by atoms with Gasteiger partial charge in [0.25, 0.3) is 0 Å². The van der Waals surface area contributed by atoms with Gasteiger partial charge in [0, 0.05) is 18.6 Å². The lowest BCUT2D eigenvalue weighted by Crippen LogP contribution is -2.47. The molecule has 1 aliphatic heterocycles. The number of benzene rings is 1. The molecule has 0 spiro atoms. The van der Waals surface area contributed by atoms with Crippen LogP contribution in [0.2, 0.25) is 0 Å². The van der Waals surface area contributed by atoms with Crippen LogP contribution >= 0.6 is 0 Å². The Labute approximate surface area is 121 Å². The van der Waals surface area contributed by atoms with Crippen molar-refractivity contribution in [2.75, 3.05) is 13.1 Å². The van der Waals surface area contributed by atoms with Gasteiger partial charge in [-0.1, -0.05) is 24.3 Å². The van der Waals surface area contributed by atoms with Crippen molar-refractivity contribution < 1.29 is 4.79 Å². The molecular weight excluding hydrogens is 250 g/mol. The van der Waals surface area contributed by atoms with E-state index in [2.05, 4.69) is 24.0 Å².